The van der Waals surface area contributed by atoms with Crippen LogP contribution < -0.4 is 5.32 Å². The van der Waals surface area contributed by atoms with Gasteiger partial charge in [-0.15, -0.1) is 0 Å². The monoisotopic (exact) mass is 197 g/mol. The molecule has 0 rings (SSSR count). The predicted molar refractivity (Wildman–Crippen MR) is 37.6 cm³/mol. The summed E-state index contributed by atoms with van der Waals surface area (Å²) in [5.74, 6) is -2.25. The van der Waals surface area contributed by atoms with Crippen LogP contribution in [-0.2, 0) is 14.2 Å². The zero-order valence-electron chi connectivity index (χ0n) is 5.93. The summed E-state index contributed by atoms with van der Waals surface area (Å²) >= 11 is 0. The Bertz CT molecular complexity index is 232. The van der Waals surface area contributed by atoms with Crippen molar-refractivity contribution in [2.75, 3.05) is 12.7 Å². The standard InChI is InChI=1S/C4H8NO6P/c6-3(2-12(9,10)11)5-1-4(7)8/h1-2H2,(H,5,6)(H,7,8)(H2,9,10,11). The minimum absolute atomic E-state index is 0.640. The predicted octanol–water partition coefficient (Wildman–Crippen LogP) is -1.64. The largest absolute Gasteiger partial charge is 0.480 e. The van der Waals surface area contributed by atoms with Crippen molar-refractivity contribution in [3.63, 3.8) is 0 Å². The Morgan fingerprint density at radius 3 is 2.17 bits per heavy atom. The van der Waals surface area contributed by atoms with Crippen LogP contribution in [0, 0.1) is 0 Å². The molecular formula is C4H8NO6P. The van der Waals surface area contributed by atoms with Crippen LogP contribution in [0.4, 0.5) is 0 Å². The van der Waals surface area contributed by atoms with E-state index in [-0.39, 0.29) is 0 Å². The first-order chi connectivity index (χ1) is 5.31. The van der Waals surface area contributed by atoms with Crippen molar-refractivity contribution in [3.8, 4) is 0 Å². The molecule has 12 heavy (non-hydrogen) atoms. The number of aliphatic carboxylic acids is 1. The Morgan fingerprint density at radius 1 is 1.33 bits per heavy atom. The fourth-order valence-corrected chi connectivity index (χ4v) is 0.903. The lowest BCUT2D eigenvalue weighted by Gasteiger charge is -2.02. The van der Waals surface area contributed by atoms with Gasteiger partial charge in [0.2, 0.25) is 5.91 Å². The summed E-state index contributed by atoms with van der Waals surface area (Å²) in [5, 5.41) is 9.86. The number of rotatable bonds is 4. The molecule has 0 aliphatic heterocycles. The van der Waals surface area contributed by atoms with E-state index in [1.54, 1.807) is 0 Å². The highest BCUT2D eigenvalue weighted by molar-refractivity contribution is 7.52. The molecule has 0 unspecified atom stereocenters. The molecule has 4 N–H and O–H groups in total. The van der Waals surface area contributed by atoms with Crippen LogP contribution >= 0.6 is 7.60 Å². The molecule has 0 atom stereocenters. The molecule has 7 nitrogen and oxygen atoms in total. The Labute approximate surface area is 67.6 Å². The Morgan fingerprint density at radius 2 is 1.83 bits per heavy atom. The average molecular weight is 197 g/mol. The fraction of sp³-hybridized carbons (Fsp3) is 0.500. The Balaban J connectivity index is 3.76. The maximum atomic E-state index is 10.5. The number of carboxylic acid groups (broad SMARTS) is 1. The maximum absolute atomic E-state index is 10.5. The number of carboxylic acids is 1. The van der Waals surface area contributed by atoms with E-state index in [9.17, 15) is 14.2 Å². The van der Waals surface area contributed by atoms with Gasteiger partial charge in [-0.05, 0) is 0 Å². The second-order valence-corrected chi connectivity index (χ2v) is 3.64. The molecule has 70 valence electrons. The third-order valence-corrected chi connectivity index (χ3v) is 1.49. The van der Waals surface area contributed by atoms with Gasteiger partial charge >= 0.3 is 13.6 Å². The Kier molecular flexibility index (Phi) is 3.88. The average Bonchev–Trinajstić information content (AvgIpc) is 1.79. The molecule has 0 aliphatic rings. The lowest BCUT2D eigenvalue weighted by atomic mass is 10.6. The van der Waals surface area contributed by atoms with Gasteiger partial charge in [-0.25, -0.2) is 0 Å². The number of nitrogens with one attached hydrogen (secondary N) is 1. The first-order valence-electron chi connectivity index (χ1n) is 2.84. The van der Waals surface area contributed by atoms with Crippen molar-refractivity contribution >= 4 is 19.5 Å². The summed E-state index contributed by atoms with van der Waals surface area (Å²) in [5.41, 5.74) is 0. The number of carbonyl (C=O) groups is 2. The van der Waals surface area contributed by atoms with Crippen LogP contribution in [0.2, 0.25) is 0 Å². The molecule has 0 fully saturated rings. The van der Waals surface area contributed by atoms with Crippen LogP contribution in [0.25, 0.3) is 0 Å². The first kappa shape index (κ1) is 11.1. The second kappa shape index (κ2) is 4.20. The van der Waals surface area contributed by atoms with E-state index in [0.717, 1.165) is 0 Å². The molecule has 0 aromatic rings. The van der Waals surface area contributed by atoms with Crippen LogP contribution in [0.3, 0.4) is 0 Å². The molecule has 0 radical (unpaired) electrons. The molecule has 0 bridgehead atoms. The fourth-order valence-electron chi connectivity index (χ4n) is 0.417. The zero-order chi connectivity index (χ0) is 9.78. The highest BCUT2D eigenvalue weighted by Gasteiger charge is 2.18. The van der Waals surface area contributed by atoms with E-state index in [2.05, 4.69) is 0 Å². The number of hydrogen-bond donors (Lipinski definition) is 4. The topological polar surface area (TPSA) is 124 Å². The molecule has 0 saturated carbocycles. The quantitative estimate of drug-likeness (QED) is 0.401. The lowest BCUT2D eigenvalue weighted by Crippen LogP contribution is -2.31. The molecule has 0 saturated heterocycles. The third kappa shape index (κ3) is 7.20. The number of carbonyl (C=O) groups excluding carboxylic acids is 1. The number of hydrogen-bond acceptors (Lipinski definition) is 3. The third-order valence-electron chi connectivity index (χ3n) is 0.786. The summed E-state index contributed by atoms with van der Waals surface area (Å²) in [6, 6.07) is 0. The summed E-state index contributed by atoms with van der Waals surface area (Å²) < 4.78 is 10.2. The van der Waals surface area contributed by atoms with Crippen LogP contribution in [-0.4, -0.2) is 39.5 Å². The van der Waals surface area contributed by atoms with Gasteiger partial charge in [-0.2, -0.15) is 0 Å². The van der Waals surface area contributed by atoms with Gasteiger partial charge < -0.3 is 20.2 Å². The molecular weight excluding hydrogens is 189 g/mol. The van der Waals surface area contributed by atoms with E-state index in [4.69, 9.17) is 14.9 Å². The van der Waals surface area contributed by atoms with Crippen molar-refractivity contribution in [1.29, 1.82) is 0 Å². The summed E-state index contributed by atoms with van der Waals surface area (Å²) in [4.78, 5) is 36.9. The van der Waals surface area contributed by atoms with E-state index >= 15 is 0 Å². The second-order valence-electron chi connectivity index (χ2n) is 1.99. The van der Waals surface area contributed by atoms with Gasteiger partial charge in [0, 0.05) is 0 Å². The van der Waals surface area contributed by atoms with Crippen molar-refractivity contribution in [1.82, 2.24) is 5.32 Å². The van der Waals surface area contributed by atoms with E-state index < -0.39 is 32.2 Å². The number of amides is 1. The molecule has 0 heterocycles. The molecule has 0 aromatic heterocycles. The lowest BCUT2D eigenvalue weighted by molar-refractivity contribution is -0.137. The van der Waals surface area contributed by atoms with Crippen LogP contribution in [0.15, 0.2) is 0 Å². The summed E-state index contributed by atoms with van der Waals surface area (Å²) in [7, 11) is -4.39. The molecule has 0 aliphatic carbocycles. The normalized spacial score (nSPS) is 10.8. The van der Waals surface area contributed by atoms with Crippen LogP contribution in [0.5, 0.6) is 0 Å². The van der Waals surface area contributed by atoms with Crippen molar-refractivity contribution in [3.05, 3.63) is 0 Å². The smallest absolute Gasteiger partial charge is 0.334 e. The minimum atomic E-state index is -4.39. The highest BCUT2D eigenvalue weighted by Crippen LogP contribution is 2.33. The van der Waals surface area contributed by atoms with Gasteiger partial charge in [0.05, 0.1) is 0 Å². The van der Waals surface area contributed by atoms with E-state index in [1.807, 2.05) is 5.32 Å². The van der Waals surface area contributed by atoms with Crippen molar-refractivity contribution in [2.45, 2.75) is 0 Å². The molecule has 0 spiro atoms. The Hall–Kier alpha value is -0.910. The highest BCUT2D eigenvalue weighted by atomic mass is 31.2. The van der Waals surface area contributed by atoms with Gasteiger partial charge in [0.15, 0.2) is 0 Å². The van der Waals surface area contributed by atoms with Gasteiger partial charge in [0.25, 0.3) is 0 Å². The van der Waals surface area contributed by atoms with E-state index in [1.165, 1.54) is 0 Å². The molecule has 0 aromatic carbocycles. The summed E-state index contributed by atoms with van der Waals surface area (Å²) in [6.07, 6.45) is -0.986. The van der Waals surface area contributed by atoms with E-state index in [0.29, 0.717) is 0 Å². The van der Waals surface area contributed by atoms with Gasteiger partial charge in [-0.3, -0.25) is 14.2 Å². The van der Waals surface area contributed by atoms with Crippen molar-refractivity contribution in [2.24, 2.45) is 0 Å². The zero-order valence-corrected chi connectivity index (χ0v) is 6.82. The molecule has 8 heteroatoms. The first-order valence-corrected chi connectivity index (χ1v) is 4.64. The van der Waals surface area contributed by atoms with Crippen LogP contribution in [0.1, 0.15) is 0 Å². The van der Waals surface area contributed by atoms with Gasteiger partial charge in [-0.1, -0.05) is 0 Å². The molecule has 1 amide bonds. The minimum Gasteiger partial charge on any atom is -0.480 e. The van der Waals surface area contributed by atoms with Crippen molar-refractivity contribution < 1.29 is 29.0 Å². The maximum Gasteiger partial charge on any atom is 0.334 e. The van der Waals surface area contributed by atoms with Gasteiger partial charge in [0.1, 0.15) is 12.7 Å². The summed E-state index contributed by atoms with van der Waals surface area (Å²) in [6.45, 7) is -0.640. The SMILES string of the molecule is O=C(O)CNC(=O)CP(=O)(O)O.